The van der Waals surface area contributed by atoms with Crippen molar-refractivity contribution in [3.63, 3.8) is 0 Å². The lowest BCUT2D eigenvalue weighted by Gasteiger charge is -2.06. The molecule has 9 heteroatoms. The zero-order chi connectivity index (χ0) is 20.0. The highest BCUT2D eigenvalue weighted by Crippen LogP contribution is 2.21. The van der Waals surface area contributed by atoms with E-state index in [1.807, 2.05) is 6.07 Å². The van der Waals surface area contributed by atoms with Crippen LogP contribution in [0.1, 0.15) is 16.9 Å². The number of carbonyl (C=O) groups is 1. The molecule has 0 fully saturated rings. The molecule has 1 amide bonds. The molecule has 6 nitrogen and oxygen atoms in total. The van der Waals surface area contributed by atoms with Crippen LogP contribution in [-0.4, -0.2) is 25.9 Å². The summed E-state index contributed by atoms with van der Waals surface area (Å²) in [6, 6.07) is 14.3. The second-order valence-corrected chi connectivity index (χ2v) is 8.83. The van der Waals surface area contributed by atoms with Crippen molar-refractivity contribution < 1.29 is 17.6 Å². The highest BCUT2D eigenvalue weighted by molar-refractivity contribution is 7.89. The summed E-state index contributed by atoms with van der Waals surface area (Å²) in [6.45, 7) is -0.0232. The number of halogens is 1. The van der Waals surface area contributed by atoms with Crippen molar-refractivity contribution in [2.45, 2.75) is 17.7 Å². The number of amides is 1. The van der Waals surface area contributed by atoms with Gasteiger partial charge < -0.3 is 5.32 Å². The fourth-order valence-corrected chi connectivity index (χ4v) is 4.37. The molecule has 0 saturated heterocycles. The standard InChI is InChI=1S/C19H18FN3O3S2/c20-15-6-4-5-14(11-15)12-16-13-21-19(27-16)23-18(24)9-10-22-28(25,26)17-7-2-1-3-8-17/h1-8,11,13,22H,9-10,12H2,(H,21,23,24). The van der Waals surface area contributed by atoms with Gasteiger partial charge in [-0.1, -0.05) is 30.3 Å². The number of thiazole rings is 1. The Morgan fingerprint density at radius 1 is 1.11 bits per heavy atom. The van der Waals surface area contributed by atoms with Crippen molar-refractivity contribution in [3.8, 4) is 0 Å². The molecule has 146 valence electrons. The van der Waals surface area contributed by atoms with E-state index < -0.39 is 10.0 Å². The Labute approximate surface area is 166 Å². The molecule has 0 aliphatic carbocycles. The van der Waals surface area contributed by atoms with Gasteiger partial charge in [0.1, 0.15) is 5.82 Å². The first kappa shape index (κ1) is 20.1. The highest BCUT2D eigenvalue weighted by Gasteiger charge is 2.14. The Morgan fingerprint density at radius 3 is 2.64 bits per heavy atom. The maximum absolute atomic E-state index is 13.2. The average Bonchev–Trinajstić information content (AvgIpc) is 3.09. The molecule has 1 heterocycles. The minimum Gasteiger partial charge on any atom is -0.302 e. The quantitative estimate of drug-likeness (QED) is 0.587. The summed E-state index contributed by atoms with van der Waals surface area (Å²) in [5, 5.41) is 3.06. The summed E-state index contributed by atoms with van der Waals surface area (Å²) in [4.78, 5) is 17.2. The predicted octanol–water partition coefficient (Wildman–Crippen LogP) is 3.18. The van der Waals surface area contributed by atoms with E-state index in [9.17, 15) is 17.6 Å². The van der Waals surface area contributed by atoms with Gasteiger partial charge in [0, 0.05) is 30.5 Å². The molecule has 0 unspecified atom stereocenters. The number of nitrogens with one attached hydrogen (secondary N) is 2. The van der Waals surface area contributed by atoms with E-state index in [1.165, 1.54) is 35.6 Å². The molecule has 3 aromatic rings. The molecule has 0 atom stereocenters. The Kier molecular flexibility index (Phi) is 6.50. The van der Waals surface area contributed by atoms with Crippen molar-refractivity contribution in [1.82, 2.24) is 9.71 Å². The van der Waals surface area contributed by atoms with Crippen molar-refractivity contribution in [1.29, 1.82) is 0 Å². The highest BCUT2D eigenvalue weighted by atomic mass is 32.2. The summed E-state index contributed by atoms with van der Waals surface area (Å²) in [7, 11) is -3.64. The minimum atomic E-state index is -3.64. The van der Waals surface area contributed by atoms with Crippen LogP contribution in [0, 0.1) is 5.82 Å². The molecular formula is C19H18FN3O3S2. The lowest BCUT2D eigenvalue weighted by molar-refractivity contribution is -0.116. The van der Waals surface area contributed by atoms with Crippen LogP contribution in [-0.2, 0) is 21.2 Å². The van der Waals surface area contributed by atoms with Gasteiger partial charge in [-0.15, -0.1) is 11.3 Å². The van der Waals surface area contributed by atoms with Crippen LogP contribution in [0.3, 0.4) is 0 Å². The van der Waals surface area contributed by atoms with Gasteiger partial charge in [0.05, 0.1) is 4.90 Å². The third-order valence-electron chi connectivity index (χ3n) is 3.76. The van der Waals surface area contributed by atoms with Crippen LogP contribution < -0.4 is 10.0 Å². The van der Waals surface area contributed by atoms with Gasteiger partial charge in [0.25, 0.3) is 0 Å². The van der Waals surface area contributed by atoms with Crippen LogP contribution in [0.2, 0.25) is 0 Å². The number of hydrogen-bond acceptors (Lipinski definition) is 5. The first-order valence-electron chi connectivity index (χ1n) is 8.46. The van der Waals surface area contributed by atoms with Gasteiger partial charge in [-0.2, -0.15) is 0 Å². The Morgan fingerprint density at radius 2 is 1.89 bits per heavy atom. The summed E-state index contributed by atoms with van der Waals surface area (Å²) in [5.41, 5.74) is 0.817. The molecule has 0 bridgehead atoms. The molecule has 0 saturated carbocycles. The predicted molar refractivity (Wildman–Crippen MR) is 106 cm³/mol. The second-order valence-electron chi connectivity index (χ2n) is 5.95. The van der Waals surface area contributed by atoms with Crippen LogP contribution in [0.25, 0.3) is 0 Å². The van der Waals surface area contributed by atoms with Crippen molar-refractivity contribution in [2.75, 3.05) is 11.9 Å². The molecule has 0 aliphatic rings. The zero-order valence-corrected chi connectivity index (χ0v) is 16.4. The zero-order valence-electron chi connectivity index (χ0n) is 14.8. The van der Waals surface area contributed by atoms with Crippen LogP contribution >= 0.6 is 11.3 Å². The molecule has 28 heavy (non-hydrogen) atoms. The molecule has 2 aromatic carbocycles. The van der Waals surface area contributed by atoms with Gasteiger partial charge in [-0.05, 0) is 29.8 Å². The number of benzene rings is 2. The Balaban J connectivity index is 1.48. The average molecular weight is 420 g/mol. The molecule has 0 radical (unpaired) electrons. The number of nitrogens with zero attached hydrogens (tertiary/aromatic N) is 1. The van der Waals surface area contributed by atoms with Crippen LogP contribution in [0.5, 0.6) is 0 Å². The van der Waals surface area contributed by atoms with Crippen molar-refractivity contribution in [2.24, 2.45) is 0 Å². The lowest BCUT2D eigenvalue weighted by atomic mass is 10.1. The smallest absolute Gasteiger partial charge is 0.240 e. The van der Waals surface area contributed by atoms with E-state index >= 15 is 0 Å². The maximum Gasteiger partial charge on any atom is 0.240 e. The number of sulfonamides is 1. The summed E-state index contributed by atoms with van der Waals surface area (Å²) >= 11 is 1.29. The minimum absolute atomic E-state index is 0.0229. The van der Waals surface area contributed by atoms with Crippen LogP contribution in [0.15, 0.2) is 65.7 Å². The monoisotopic (exact) mass is 419 g/mol. The summed E-state index contributed by atoms with van der Waals surface area (Å²) < 4.78 is 39.8. The molecule has 0 aliphatic heterocycles. The molecule has 2 N–H and O–H groups in total. The number of carbonyl (C=O) groups excluding carboxylic acids is 1. The van der Waals surface area contributed by atoms with Crippen molar-refractivity contribution >= 4 is 32.4 Å². The van der Waals surface area contributed by atoms with E-state index in [0.717, 1.165) is 10.4 Å². The van der Waals surface area contributed by atoms with Gasteiger partial charge in [0.15, 0.2) is 5.13 Å². The topological polar surface area (TPSA) is 88.2 Å². The van der Waals surface area contributed by atoms with Gasteiger partial charge in [-0.3, -0.25) is 4.79 Å². The first-order valence-corrected chi connectivity index (χ1v) is 10.8. The van der Waals surface area contributed by atoms with Gasteiger partial charge >= 0.3 is 0 Å². The van der Waals surface area contributed by atoms with Crippen LogP contribution in [0.4, 0.5) is 9.52 Å². The Bertz CT molecular complexity index is 1050. The number of aromatic nitrogens is 1. The first-order chi connectivity index (χ1) is 13.4. The Hall–Kier alpha value is -2.62. The maximum atomic E-state index is 13.2. The fraction of sp³-hybridized carbons (Fsp3) is 0.158. The molecule has 3 rings (SSSR count). The summed E-state index contributed by atoms with van der Waals surface area (Å²) in [5.74, 6) is -0.643. The third-order valence-corrected chi connectivity index (χ3v) is 6.15. The number of anilines is 1. The van der Waals surface area contributed by atoms with E-state index in [-0.39, 0.29) is 29.6 Å². The van der Waals surface area contributed by atoms with E-state index in [2.05, 4.69) is 15.0 Å². The summed E-state index contributed by atoms with van der Waals surface area (Å²) in [6.07, 6.45) is 2.12. The molecule has 0 spiro atoms. The second kappa shape index (κ2) is 9.05. The largest absolute Gasteiger partial charge is 0.302 e. The molecule has 1 aromatic heterocycles. The van der Waals surface area contributed by atoms with Gasteiger partial charge in [-0.25, -0.2) is 22.5 Å². The normalized spacial score (nSPS) is 11.3. The fourth-order valence-electron chi connectivity index (χ4n) is 2.46. The number of rotatable bonds is 8. The van der Waals surface area contributed by atoms with E-state index in [1.54, 1.807) is 30.5 Å². The van der Waals surface area contributed by atoms with Crippen molar-refractivity contribution in [3.05, 3.63) is 77.1 Å². The van der Waals surface area contributed by atoms with E-state index in [4.69, 9.17) is 0 Å². The van der Waals surface area contributed by atoms with Gasteiger partial charge in [0.2, 0.25) is 15.9 Å². The SMILES string of the molecule is O=C(CCNS(=O)(=O)c1ccccc1)Nc1ncc(Cc2cccc(F)c2)s1. The number of hydrogen-bond donors (Lipinski definition) is 2. The lowest BCUT2D eigenvalue weighted by Crippen LogP contribution is -2.27. The molecular weight excluding hydrogens is 401 g/mol. The van der Waals surface area contributed by atoms with E-state index in [0.29, 0.717) is 11.6 Å². The third kappa shape index (κ3) is 5.69.